The van der Waals surface area contributed by atoms with Gasteiger partial charge in [0.15, 0.2) is 0 Å². The number of carbonyl (C=O) groups is 2. The summed E-state index contributed by atoms with van der Waals surface area (Å²) >= 11 is 0. The Morgan fingerprint density at radius 3 is 2.22 bits per heavy atom. The largest absolute Gasteiger partial charge is 0.497 e. The van der Waals surface area contributed by atoms with Crippen molar-refractivity contribution in [3.63, 3.8) is 0 Å². The third-order valence-corrected chi connectivity index (χ3v) is 5.00. The van der Waals surface area contributed by atoms with Crippen molar-refractivity contribution in [3.8, 4) is 5.75 Å². The fraction of sp³-hybridized carbons (Fsp3) is 0.231. The molecule has 2 N–H and O–H groups in total. The van der Waals surface area contributed by atoms with E-state index in [1.54, 1.807) is 31.2 Å². The van der Waals surface area contributed by atoms with Crippen LogP contribution in [0.2, 0.25) is 0 Å². The molecular formula is C26H29N3O3. The summed E-state index contributed by atoms with van der Waals surface area (Å²) in [6.07, 6.45) is 0.691. The van der Waals surface area contributed by atoms with Crippen LogP contribution < -0.4 is 15.4 Å². The lowest BCUT2D eigenvalue weighted by Crippen LogP contribution is -2.40. The fourth-order valence-corrected chi connectivity index (χ4v) is 3.47. The highest BCUT2D eigenvalue weighted by molar-refractivity contribution is 5.92. The molecule has 0 saturated heterocycles. The zero-order valence-corrected chi connectivity index (χ0v) is 18.5. The van der Waals surface area contributed by atoms with Gasteiger partial charge in [0.25, 0.3) is 0 Å². The Morgan fingerprint density at radius 1 is 0.875 bits per heavy atom. The molecule has 3 aromatic rings. The third-order valence-electron chi connectivity index (χ3n) is 5.00. The van der Waals surface area contributed by atoms with Gasteiger partial charge in [-0.3, -0.25) is 14.5 Å². The van der Waals surface area contributed by atoms with Crippen LogP contribution in [-0.4, -0.2) is 44.0 Å². The van der Waals surface area contributed by atoms with E-state index in [-0.39, 0.29) is 30.9 Å². The Morgan fingerprint density at radius 2 is 1.53 bits per heavy atom. The van der Waals surface area contributed by atoms with E-state index >= 15 is 0 Å². The number of ether oxygens (including phenoxy) is 1. The summed E-state index contributed by atoms with van der Waals surface area (Å²) in [4.78, 5) is 26.8. The molecule has 0 spiro atoms. The molecule has 3 aromatic carbocycles. The number of rotatable bonds is 10. The molecule has 2 amide bonds. The van der Waals surface area contributed by atoms with E-state index in [4.69, 9.17) is 4.74 Å². The van der Waals surface area contributed by atoms with E-state index in [1.807, 2.05) is 60.7 Å². The molecule has 6 nitrogen and oxygen atoms in total. The first kappa shape index (κ1) is 23.0. The zero-order valence-electron chi connectivity index (χ0n) is 18.5. The predicted molar refractivity (Wildman–Crippen MR) is 127 cm³/mol. The molecule has 0 aliphatic rings. The molecule has 0 heterocycles. The average molecular weight is 432 g/mol. The lowest BCUT2D eigenvalue weighted by atomic mass is 9.99. The van der Waals surface area contributed by atoms with Crippen LogP contribution in [0.5, 0.6) is 5.75 Å². The minimum atomic E-state index is -0.197. The number of hydrogen-bond donors (Lipinski definition) is 2. The molecule has 0 aliphatic carbocycles. The van der Waals surface area contributed by atoms with Crippen LogP contribution in [-0.2, 0) is 16.0 Å². The minimum absolute atomic E-state index is 0.0965. The van der Waals surface area contributed by atoms with E-state index in [0.29, 0.717) is 17.9 Å². The fourth-order valence-electron chi connectivity index (χ4n) is 3.47. The van der Waals surface area contributed by atoms with Gasteiger partial charge in [0.1, 0.15) is 5.75 Å². The Bertz CT molecular complexity index is 1010. The van der Waals surface area contributed by atoms with Crippen LogP contribution in [0.25, 0.3) is 0 Å². The van der Waals surface area contributed by atoms with Gasteiger partial charge >= 0.3 is 0 Å². The zero-order chi connectivity index (χ0) is 22.8. The number of nitrogens with zero attached hydrogens (tertiary/aromatic N) is 1. The molecule has 0 aromatic heterocycles. The van der Waals surface area contributed by atoms with Gasteiger partial charge in [0.2, 0.25) is 11.8 Å². The average Bonchev–Trinajstić information content (AvgIpc) is 2.79. The van der Waals surface area contributed by atoms with Crippen molar-refractivity contribution in [2.75, 3.05) is 32.6 Å². The quantitative estimate of drug-likeness (QED) is 0.514. The van der Waals surface area contributed by atoms with Crippen LogP contribution in [0.3, 0.4) is 0 Å². The number of methoxy groups -OCH3 is 1. The van der Waals surface area contributed by atoms with Gasteiger partial charge in [0.05, 0.1) is 26.2 Å². The van der Waals surface area contributed by atoms with Gasteiger partial charge in [-0.05, 0) is 36.7 Å². The molecule has 32 heavy (non-hydrogen) atoms. The van der Waals surface area contributed by atoms with Gasteiger partial charge in [-0.25, -0.2) is 0 Å². The predicted octanol–water partition coefficient (Wildman–Crippen LogP) is 3.67. The van der Waals surface area contributed by atoms with Crippen molar-refractivity contribution in [1.82, 2.24) is 10.2 Å². The molecular weight excluding hydrogens is 402 g/mol. The Hall–Kier alpha value is -3.64. The standard InChI is InChI=1S/C26H29N3O3/c1-29(18-25(30)27-22-14-9-15-23(17-22)32-2)19-26(31)28-24(21-12-7-4-8-13-21)16-20-10-5-3-6-11-20/h3-15,17,24H,16,18-19H2,1-2H3,(H,27,30)(H,28,31). The lowest BCUT2D eigenvalue weighted by Gasteiger charge is -2.22. The van der Waals surface area contributed by atoms with Crippen molar-refractivity contribution in [2.45, 2.75) is 12.5 Å². The van der Waals surface area contributed by atoms with Crippen LogP contribution in [0, 0.1) is 0 Å². The van der Waals surface area contributed by atoms with Crippen LogP contribution in [0.4, 0.5) is 5.69 Å². The van der Waals surface area contributed by atoms with Crippen LogP contribution in [0.15, 0.2) is 84.9 Å². The number of benzene rings is 3. The Labute approximate surface area is 189 Å². The number of anilines is 1. The second-order valence-electron chi connectivity index (χ2n) is 7.67. The van der Waals surface area contributed by atoms with Crippen molar-refractivity contribution in [1.29, 1.82) is 0 Å². The molecule has 166 valence electrons. The Balaban J connectivity index is 1.55. The summed E-state index contributed by atoms with van der Waals surface area (Å²) in [5, 5.41) is 5.95. The summed E-state index contributed by atoms with van der Waals surface area (Å²) in [5.41, 5.74) is 2.84. The summed E-state index contributed by atoms with van der Waals surface area (Å²) < 4.78 is 5.17. The topological polar surface area (TPSA) is 70.7 Å². The summed E-state index contributed by atoms with van der Waals surface area (Å²) in [7, 11) is 3.33. The maximum absolute atomic E-state index is 12.7. The Kier molecular flexibility index (Phi) is 8.40. The maximum Gasteiger partial charge on any atom is 0.238 e. The molecule has 1 atom stereocenters. The maximum atomic E-state index is 12.7. The van der Waals surface area contributed by atoms with Crippen LogP contribution >= 0.6 is 0 Å². The number of likely N-dealkylation sites (N-methyl/N-ethyl adjacent to an activating group) is 1. The highest BCUT2D eigenvalue weighted by atomic mass is 16.5. The minimum Gasteiger partial charge on any atom is -0.497 e. The number of nitrogens with one attached hydrogen (secondary N) is 2. The molecule has 1 unspecified atom stereocenters. The van der Waals surface area contributed by atoms with Gasteiger partial charge in [-0.1, -0.05) is 66.7 Å². The van der Waals surface area contributed by atoms with Crippen molar-refractivity contribution in [3.05, 3.63) is 96.1 Å². The van der Waals surface area contributed by atoms with E-state index in [0.717, 1.165) is 11.1 Å². The molecule has 0 aliphatic heterocycles. The summed E-state index contributed by atoms with van der Waals surface area (Å²) in [6.45, 7) is 0.211. The number of carbonyl (C=O) groups excluding carboxylic acids is 2. The van der Waals surface area contributed by atoms with E-state index < -0.39 is 0 Å². The van der Waals surface area contributed by atoms with Gasteiger partial charge in [-0.15, -0.1) is 0 Å². The van der Waals surface area contributed by atoms with Crippen LogP contribution in [0.1, 0.15) is 17.2 Å². The molecule has 0 radical (unpaired) electrons. The lowest BCUT2D eigenvalue weighted by molar-refractivity contribution is -0.123. The smallest absolute Gasteiger partial charge is 0.238 e. The molecule has 6 heteroatoms. The SMILES string of the molecule is COc1cccc(NC(=O)CN(C)CC(=O)NC(Cc2ccccc2)c2ccccc2)c1. The van der Waals surface area contributed by atoms with Crippen molar-refractivity contribution in [2.24, 2.45) is 0 Å². The third kappa shape index (κ3) is 7.25. The molecule has 3 rings (SSSR count). The number of amides is 2. The summed E-state index contributed by atoms with van der Waals surface area (Å²) in [5.74, 6) is 0.338. The molecule has 0 bridgehead atoms. The monoisotopic (exact) mass is 431 g/mol. The first-order chi connectivity index (χ1) is 15.5. The van der Waals surface area contributed by atoms with Crippen molar-refractivity contribution < 1.29 is 14.3 Å². The van der Waals surface area contributed by atoms with Gasteiger partial charge < -0.3 is 15.4 Å². The normalized spacial score (nSPS) is 11.6. The van der Waals surface area contributed by atoms with Gasteiger partial charge in [0, 0.05) is 11.8 Å². The summed E-state index contributed by atoms with van der Waals surface area (Å²) in [6, 6.07) is 27.0. The first-order valence-corrected chi connectivity index (χ1v) is 10.5. The van der Waals surface area contributed by atoms with E-state index in [2.05, 4.69) is 22.8 Å². The van der Waals surface area contributed by atoms with E-state index in [9.17, 15) is 9.59 Å². The second-order valence-corrected chi connectivity index (χ2v) is 7.67. The first-order valence-electron chi connectivity index (χ1n) is 10.5. The highest BCUT2D eigenvalue weighted by Gasteiger charge is 2.17. The number of hydrogen-bond acceptors (Lipinski definition) is 4. The highest BCUT2D eigenvalue weighted by Crippen LogP contribution is 2.19. The van der Waals surface area contributed by atoms with Gasteiger partial charge in [-0.2, -0.15) is 0 Å². The van der Waals surface area contributed by atoms with E-state index in [1.165, 1.54) is 0 Å². The molecule has 0 saturated carbocycles. The second kappa shape index (κ2) is 11.7. The van der Waals surface area contributed by atoms with Crippen molar-refractivity contribution >= 4 is 17.5 Å². The molecule has 0 fully saturated rings.